The lowest BCUT2D eigenvalue weighted by Crippen LogP contribution is -2.35. The summed E-state index contributed by atoms with van der Waals surface area (Å²) in [6.45, 7) is 5.36. The van der Waals surface area contributed by atoms with Crippen LogP contribution in [0.2, 0.25) is 0 Å². The molecule has 1 N–H and O–H groups in total. The van der Waals surface area contributed by atoms with E-state index in [1.807, 2.05) is 30.5 Å². The Morgan fingerprint density at radius 3 is 2.46 bits per heavy atom. The molecule has 4 rings (SSSR count). The van der Waals surface area contributed by atoms with Gasteiger partial charge in [-0.1, -0.05) is 54.6 Å². The molecule has 144 valence electrons. The predicted molar refractivity (Wildman–Crippen MR) is 111 cm³/mol. The Bertz CT molecular complexity index is 879. The minimum atomic E-state index is 0.740. The molecule has 0 atom stereocenters. The van der Waals surface area contributed by atoms with Gasteiger partial charge in [-0.3, -0.25) is 4.90 Å². The molecule has 3 aromatic rings. The van der Waals surface area contributed by atoms with Crippen molar-refractivity contribution in [2.24, 2.45) is 0 Å². The maximum Gasteiger partial charge on any atom is 0.135 e. The van der Waals surface area contributed by atoms with Crippen molar-refractivity contribution in [3.63, 3.8) is 0 Å². The van der Waals surface area contributed by atoms with Crippen LogP contribution in [0, 0.1) is 0 Å². The SMILES string of the molecule is c1ccc(Cc2nccc(NCc3ccccc3CN3CCOCC3)n2)cc1. The van der Waals surface area contributed by atoms with Gasteiger partial charge in [0, 0.05) is 38.8 Å². The lowest BCUT2D eigenvalue weighted by Gasteiger charge is -2.27. The number of ether oxygens (including phenoxy) is 1. The monoisotopic (exact) mass is 374 g/mol. The minimum absolute atomic E-state index is 0.740. The Morgan fingerprint density at radius 1 is 0.893 bits per heavy atom. The molecular weight excluding hydrogens is 348 g/mol. The number of rotatable bonds is 7. The van der Waals surface area contributed by atoms with E-state index in [-0.39, 0.29) is 0 Å². The summed E-state index contributed by atoms with van der Waals surface area (Å²) in [5, 5.41) is 3.47. The zero-order valence-electron chi connectivity index (χ0n) is 16.1. The van der Waals surface area contributed by atoms with Gasteiger partial charge in [0.2, 0.25) is 0 Å². The van der Waals surface area contributed by atoms with Crippen LogP contribution >= 0.6 is 0 Å². The van der Waals surface area contributed by atoms with E-state index < -0.39 is 0 Å². The summed E-state index contributed by atoms with van der Waals surface area (Å²) in [5.74, 6) is 1.69. The second kappa shape index (κ2) is 9.44. The third-order valence-electron chi connectivity index (χ3n) is 4.99. The Morgan fingerprint density at radius 2 is 1.64 bits per heavy atom. The summed E-state index contributed by atoms with van der Waals surface area (Å²) in [7, 11) is 0. The standard InChI is InChI=1S/C23H26N4O/c1-2-6-19(7-3-1)16-23-24-11-10-22(26-23)25-17-20-8-4-5-9-21(20)18-27-12-14-28-15-13-27/h1-11H,12-18H2,(H,24,25,26). The first-order valence-corrected chi connectivity index (χ1v) is 9.83. The van der Waals surface area contributed by atoms with Crippen LogP contribution in [0.1, 0.15) is 22.5 Å². The van der Waals surface area contributed by atoms with Crippen LogP contribution in [0.25, 0.3) is 0 Å². The summed E-state index contributed by atoms with van der Waals surface area (Å²) < 4.78 is 5.46. The van der Waals surface area contributed by atoms with Crippen molar-refractivity contribution in [1.82, 2.24) is 14.9 Å². The smallest absolute Gasteiger partial charge is 0.135 e. The highest BCUT2D eigenvalue weighted by Gasteiger charge is 2.12. The van der Waals surface area contributed by atoms with Crippen molar-refractivity contribution in [2.75, 3.05) is 31.6 Å². The second-order valence-corrected chi connectivity index (χ2v) is 7.03. The van der Waals surface area contributed by atoms with Crippen LogP contribution in [0.15, 0.2) is 66.9 Å². The third-order valence-corrected chi connectivity index (χ3v) is 4.99. The molecule has 5 heteroatoms. The lowest BCUT2D eigenvalue weighted by atomic mass is 10.1. The Labute approximate surface area is 166 Å². The van der Waals surface area contributed by atoms with Gasteiger partial charge in [-0.15, -0.1) is 0 Å². The number of anilines is 1. The van der Waals surface area contributed by atoms with Crippen molar-refractivity contribution in [3.8, 4) is 0 Å². The summed E-state index contributed by atoms with van der Waals surface area (Å²) in [6.07, 6.45) is 2.57. The van der Waals surface area contributed by atoms with Gasteiger partial charge in [0.15, 0.2) is 0 Å². The summed E-state index contributed by atoms with van der Waals surface area (Å²) in [4.78, 5) is 11.5. The molecule has 2 heterocycles. The lowest BCUT2D eigenvalue weighted by molar-refractivity contribution is 0.0341. The van der Waals surface area contributed by atoms with Gasteiger partial charge in [-0.2, -0.15) is 0 Å². The molecular formula is C23H26N4O. The van der Waals surface area contributed by atoms with Crippen LogP contribution in [0.5, 0.6) is 0 Å². The predicted octanol–water partition coefficient (Wildman–Crippen LogP) is 3.51. The molecule has 1 aromatic heterocycles. The molecule has 0 saturated carbocycles. The first-order chi connectivity index (χ1) is 13.9. The fourth-order valence-electron chi connectivity index (χ4n) is 3.43. The first kappa shape index (κ1) is 18.6. The highest BCUT2D eigenvalue weighted by Crippen LogP contribution is 2.15. The van der Waals surface area contributed by atoms with Gasteiger partial charge in [-0.25, -0.2) is 9.97 Å². The van der Waals surface area contributed by atoms with Crippen LogP contribution < -0.4 is 5.32 Å². The maximum absolute atomic E-state index is 5.46. The number of nitrogens with one attached hydrogen (secondary N) is 1. The zero-order valence-corrected chi connectivity index (χ0v) is 16.1. The van der Waals surface area contributed by atoms with Gasteiger partial charge in [0.1, 0.15) is 11.6 Å². The summed E-state index contributed by atoms with van der Waals surface area (Å²) >= 11 is 0. The average molecular weight is 374 g/mol. The van der Waals surface area contributed by atoms with E-state index in [1.54, 1.807) is 0 Å². The number of nitrogens with zero attached hydrogens (tertiary/aromatic N) is 3. The Kier molecular flexibility index (Phi) is 6.27. The zero-order chi connectivity index (χ0) is 19.0. The van der Waals surface area contributed by atoms with E-state index in [4.69, 9.17) is 4.74 Å². The van der Waals surface area contributed by atoms with Crippen molar-refractivity contribution in [3.05, 3.63) is 89.4 Å². The number of benzene rings is 2. The van der Waals surface area contributed by atoms with Crippen LogP contribution in [-0.2, 0) is 24.2 Å². The average Bonchev–Trinajstić information content (AvgIpc) is 2.75. The van der Waals surface area contributed by atoms with E-state index in [9.17, 15) is 0 Å². The van der Waals surface area contributed by atoms with Gasteiger partial charge < -0.3 is 10.1 Å². The molecule has 2 aromatic carbocycles. The molecule has 0 unspecified atom stereocenters. The normalized spacial score (nSPS) is 14.7. The summed E-state index contributed by atoms with van der Waals surface area (Å²) in [6, 6.07) is 20.9. The second-order valence-electron chi connectivity index (χ2n) is 7.03. The van der Waals surface area contributed by atoms with E-state index in [0.717, 1.165) is 57.5 Å². The molecule has 0 spiro atoms. The van der Waals surface area contributed by atoms with Crippen LogP contribution in [-0.4, -0.2) is 41.2 Å². The van der Waals surface area contributed by atoms with Gasteiger partial charge >= 0.3 is 0 Å². The molecule has 5 nitrogen and oxygen atoms in total. The fourth-order valence-corrected chi connectivity index (χ4v) is 3.43. The van der Waals surface area contributed by atoms with Crippen LogP contribution in [0.3, 0.4) is 0 Å². The van der Waals surface area contributed by atoms with Crippen molar-refractivity contribution >= 4 is 5.82 Å². The minimum Gasteiger partial charge on any atom is -0.379 e. The van der Waals surface area contributed by atoms with Gasteiger partial charge in [0.05, 0.1) is 13.2 Å². The third kappa shape index (κ3) is 5.15. The van der Waals surface area contributed by atoms with E-state index in [1.165, 1.54) is 16.7 Å². The van der Waals surface area contributed by atoms with Gasteiger partial charge in [-0.05, 0) is 22.8 Å². The molecule has 1 aliphatic heterocycles. The highest BCUT2D eigenvalue weighted by atomic mass is 16.5. The molecule has 1 saturated heterocycles. The number of hydrogen-bond acceptors (Lipinski definition) is 5. The Hall–Kier alpha value is -2.76. The van der Waals surface area contributed by atoms with Crippen molar-refractivity contribution < 1.29 is 4.74 Å². The van der Waals surface area contributed by atoms with E-state index in [2.05, 4.69) is 56.6 Å². The van der Waals surface area contributed by atoms with Crippen LogP contribution in [0.4, 0.5) is 5.82 Å². The molecule has 1 aliphatic rings. The molecule has 28 heavy (non-hydrogen) atoms. The number of morpholine rings is 1. The largest absolute Gasteiger partial charge is 0.379 e. The molecule has 0 bridgehead atoms. The fraction of sp³-hybridized carbons (Fsp3) is 0.304. The maximum atomic E-state index is 5.46. The number of aromatic nitrogens is 2. The topological polar surface area (TPSA) is 50.3 Å². The molecule has 0 amide bonds. The van der Waals surface area contributed by atoms with Crippen molar-refractivity contribution in [2.45, 2.75) is 19.5 Å². The Balaban J connectivity index is 1.40. The summed E-state index contributed by atoms with van der Waals surface area (Å²) in [5.41, 5.74) is 3.88. The molecule has 0 aliphatic carbocycles. The number of hydrogen-bond donors (Lipinski definition) is 1. The molecule has 0 radical (unpaired) electrons. The first-order valence-electron chi connectivity index (χ1n) is 9.83. The van der Waals surface area contributed by atoms with Gasteiger partial charge in [0.25, 0.3) is 0 Å². The highest BCUT2D eigenvalue weighted by molar-refractivity contribution is 5.37. The van der Waals surface area contributed by atoms with E-state index in [0.29, 0.717) is 0 Å². The molecule has 1 fully saturated rings. The quantitative estimate of drug-likeness (QED) is 0.686. The van der Waals surface area contributed by atoms with E-state index >= 15 is 0 Å². The van der Waals surface area contributed by atoms with Crippen molar-refractivity contribution in [1.29, 1.82) is 0 Å².